The molecular weight excluding hydrogens is 639 g/mol. The van der Waals surface area contributed by atoms with Crippen LogP contribution in [0.25, 0.3) is 98.1 Å². The van der Waals surface area contributed by atoms with Gasteiger partial charge in [0.2, 0.25) is 0 Å². The molecule has 2 aromatic heterocycles. The van der Waals surface area contributed by atoms with Crippen LogP contribution >= 0.6 is 11.3 Å². The smallest absolute Gasteiger partial charge is 0.164 e. The van der Waals surface area contributed by atoms with E-state index in [1.54, 1.807) is 0 Å². The van der Waals surface area contributed by atoms with Gasteiger partial charge in [0.1, 0.15) is 0 Å². The molecule has 4 heteroatoms. The van der Waals surface area contributed by atoms with Crippen molar-refractivity contribution < 1.29 is 0 Å². The van der Waals surface area contributed by atoms with Crippen molar-refractivity contribution >= 4 is 53.1 Å². The van der Waals surface area contributed by atoms with Crippen molar-refractivity contribution in [3.63, 3.8) is 0 Å². The van der Waals surface area contributed by atoms with Gasteiger partial charge in [0, 0.05) is 36.9 Å². The Hall–Kier alpha value is -6.49. The second-order valence-corrected chi connectivity index (χ2v) is 13.9. The molecule has 0 spiro atoms. The third-order valence-electron chi connectivity index (χ3n) is 9.68. The summed E-state index contributed by atoms with van der Waals surface area (Å²) in [4.78, 5) is 15.3. The van der Waals surface area contributed by atoms with E-state index in [0.717, 1.165) is 33.4 Å². The molecule has 0 N–H and O–H groups in total. The second kappa shape index (κ2) is 12.1. The summed E-state index contributed by atoms with van der Waals surface area (Å²) < 4.78 is 2.59. The lowest BCUT2D eigenvalue weighted by Crippen LogP contribution is -2.00. The Labute approximate surface area is 299 Å². The fraction of sp³-hybridized carbons (Fsp3) is 0. The van der Waals surface area contributed by atoms with Crippen molar-refractivity contribution in [2.24, 2.45) is 0 Å². The van der Waals surface area contributed by atoms with Crippen molar-refractivity contribution in [2.45, 2.75) is 0 Å². The van der Waals surface area contributed by atoms with Gasteiger partial charge in [0.15, 0.2) is 17.5 Å². The molecular formula is C47H29N3S. The molecule has 8 aromatic carbocycles. The van der Waals surface area contributed by atoms with Gasteiger partial charge in [0.05, 0.1) is 0 Å². The Morgan fingerprint density at radius 3 is 1.55 bits per heavy atom. The summed E-state index contributed by atoms with van der Waals surface area (Å²) in [6.45, 7) is 0. The molecule has 0 radical (unpaired) electrons. The first kappa shape index (κ1) is 29.4. The topological polar surface area (TPSA) is 38.7 Å². The highest BCUT2D eigenvalue weighted by molar-refractivity contribution is 7.25. The predicted molar refractivity (Wildman–Crippen MR) is 215 cm³/mol. The number of benzene rings is 8. The number of hydrogen-bond donors (Lipinski definition) is 0. The standard InChI is InChI=1S/C47H29N3S/c1-3-13-30(14-4-1)45-48-46(31-15-5-2-6-16-31)50-47(49-45)36-26-34(32-23-24-44-42(28-32)40-21-11-12-22-43(40)51-44)25-35(27-36)41-29-33-17-7-8-18-37(33)38-19-9-10-20-39(38)41/h1-29H. The van der Waals surface area contributed by atoms with Crippen molar-refractivity contribution in [1.29, 1.82) is 0 Å². The third kappa shape index (κ3) is 5.25. The molecule has 51 heavy (non-hydrogen) atoms. The maximum atomic E-state index is 5.14. The summed E-state index contributed by atoms with van der Waals surface area (Å²) in [5, 5.41) is 7.47. The van der Waals surface area contributed by atoms with Gasteiger partial charge >= 0.3 is 0 Å². The lowest BCUT2D eigenvalue weighted by Gasteiger charge is -2.15. The second-order valence-electron chi connectivity index (χ2n) is 12.8. The van der Waals surface area contributed by atoms with E-state index < -0.39 is 0 Å². The fourth-order valence-corrected chi connectivity index (χ4v) is 8.30. The molecule has 10 rings (SSSR count). The normalized spacial score (nSPS) is 11.5. The van der Waals surface area contributed by atoms with Gasteiger partial charge in [-0.2, -0.15) is 0 Å². The van der Waals surface area contributed by atoms with E-state index in [0.29, 0.717) is 17.5 Å². The minimum atomic E-state index is 0.637. The summed E-state index contributed by atoms with van der Waals surface area (Å²) in [5.74, 6) is 1.93. The summed E-state index contributed by atoms with van der Waals surface area (Å²) in [6, 6.07) is 62.4. The number of aromatic nitrogens is 3. The van der Waals surface area contributed by atoms with E-state index in [4.69, 9.17) is 15.0 Å². The fourth-order valence-electron chi connectivity index (χ4n) is 7.22. The molecule has 0 aliphatic carbocycles. The molecule has 0 aliphatic rings. The SMILES string of the molecule is c1ccc(-c2nc(-c3ccccc3)nc(-c3cc(-c4ccc5sc6ccccc6c5c4)cc(-c4cc5ccccc5c5ccccc45)c3)n2)cc1. The summed E-state index contributed by atoms with van der Waals surface area (Å²) >= 11 is 1.84. The van der Waals surface area contributed by atoms with E-state index in [-0.39, 0.29) is 0 Å². The molecule has 0 saturated carbocycles. The van der Waals surface area contributed by atoms with Crippen LogP contribution in [0.5, 0.6) is 0 Å². The van der Waals surface area contributed by atoms with E-state index in [2.05, 4.69) is 140 Å². The van der Waals surface area contributed by atoms with Crippen molar-refractivity contribution in [3.05, 3.63) is 176 Å². The largest absolute Gasteiger partial charge is 0.208 e. The molecule has 0 saturated heterocycles. The molecule has 238 valence electrons. The first-order valence-corrected chi connectivity index (χ1v) is 17.9. The van der Waals surface area contributed by atoms with Gasteiger partial charge in [-0.15, -0.1) is 11.3 Å². The molecule has 3 nitrogen and oxygen atoms in total. The molecule has 0 bridgehead atoms. The van der Waals surface area contributed by atoms with Gasteiger partial charge in [-0.1, -0.05) is 133 Å². The maximum Gasteiger partial charge on any atom is 0.164 e. The van der Waals surface area contributed by atoms with Gasteiger partial charge in [-0.05, 0) is 86.3 Å². The van der Waals surface area contributed by atoms with Crippen LogP contribution in [0, 0.1) is 0 Å². The maximum absolute atomic E-state index is 5.14. The Morgan fingerprint density at radius 1 is 0.294 bits per heavy atom. The lowest BCUT2D eigenvalue weighted by molar-refractivity contribution is 1.07. The van der Waals surface area contributed by atoms with Crippen LogP contribution in [0.4, 0.5) is 0 Å². The van der Waals surface area contributed by atoms with Crippen LogP contribution < -0.4 is 0 Å². The number of fused-ring (bicyclic) bond motifs is 6. The Kier molecular flexibility index (Phi) is 7.00. The highest BCUT2D eigenvalue weighted by atomic mass is 32.1. The zero-order chi connectivity index (χ0) is 33.7. The van der Waals surface area contributed by atoms with E-state index >= 15 is 0 Å². The zero-order valence-electron chi connectivity index (χ0n) is 27.5. The quantitative estimate of drug-likeness (QED) is 0.171. The Morgan fingerprint density at radius 2 is 0.824 bits per heavy atom. The van der Waals surface area contributed by atoms with E-state index in [9.17, 15) is 0 Å². The van der Waals surface area contributed by atoms with Gasteiger partial charge in [-0.25, -0.2) is 15.0 Å². The van der Waals surface area contributed by atoms with Gasteiger partial charge in [0.25, 0.3) is 0 Å². The first-order valence-electron chi connectivity index (χ1n) is 17.1. The van der Waals surface area contributed by atoms with Crippen molar-refractivity contribution in [1.82, 2.24) is 15.0 Å². The molecule has 0 atom stereocenters. The van der Waals surface area contributed by atoms with Crippen LogP contribution in [-0.2, 0) is 0 Å². The predicted octanol–water partition coefficient (Wildman–Crippen LogP) is 12.9. The highest BCUT2D eigenvalue weighted by Crippen LogP contribution is 2.41. The van der Waals surface area contributed by atoms with Crippen LogP contribution in [-0.4, -0.2) is 15.0 Å². The van der Waals surface area contributed by atoms with E-state index in [1.807, 2.05) is 47.7 Å². The average molecular weight is 668 g/mol. The zero-order valence-corrected chi connectivity index (χ0v) is 28.3. The lowest BCUT2D eigenvalue weighted by atomic mass is 9.90. The van der Waals surface area contributed by atoms with E-state index in [1.165, 1.54) is 47.3 Å². The van der Waals surface area contributed by atoms with Crippen LogP contribution in [0.1, 0.15) is 0 Å². The van der Waals surface area contributed by atoms with Crippen LogP contribution in [0.3, 0.4) is 0 Å². The van der Waals surface area contributed by atoms with Crippen LogP contribution in [0.2, 0.25) is 0 Å². The average Bonchev–Trinajstić information content (AvgIpc) is 3.59. The molecule has 0 aliphatic heterocycles. The third-order valence-corrected chi connectivity index (χ3v) is 10.8. The monoisotopic (exact) mass is 667 g/mol. The molecule has 0 fully saturated rings. The number of thiophene rings is 1. The Balaban J connectivity index is 1.25. The Bertz CT molecular complexity index is 2860. The summed E-state index contributed by atoms with van der Waals surface area (Å²) in [6.07, 6.45) is 0. The minimum absolute atomic E-state index is 0.637. The summed E-state index contributed by atoms with van der Waals surface area (Å²) in [7, 11) is 0. The number of hydrogen-bond acceptors (Lipinski definition) is 4. The van der Waals surface area contributed by atoms with Crippen molar-refractivity contribution in [2.75, 3.05) is 0 Å². The molecule has 2 heterocycles. The minimum Gasteiger partial charge on any atom is -0.208 e. The molecule has 0 unspecified atom stereocenters. The van der Waals surface area contributed by atoms with Crippen molar-refractivity contribution in [3.8, 4) is 56.4 Å². The van der Waals surface area contributed by atoms with Crippen LogP contribution in [0.15, 0.2) is 176 Å². The van der Waals surface area contributed by atoms with Gasteiger partial charge < -0.3 is 0 Å². The first-order chi connectivity index (χ1) is 25.2. The number of nitrogens with zero attached hydrogens (tertiary/aromatic N) is 3. The van der Waals surface area contributed by atoms with Gasteiger partial charge in [-0.3, -0.25) is 0 Å². The summed E-state index contributed by atoms with van der Waals surface area (Å²) in [5.41, 5.74) is 7.39. The number of rotatable bonds is 5. The highest BCUT2D eigenvalue weighted by Gasteiger charge is 2.17. The molecule has 10 aromatic rings. The molecule has 0 amide bonds.